The van der Waals surface area contributed by atoms with E-state index in [0.29, 0.717) is 17.8 Å². The van der Waals surface area contributed by atoms with Gasteiger partial charge in [0.15, 0.2) is 5.82 Å². The van der Waals surface area contributed by atoms with E-state index in [2.05, 4.69) is 36.2 Å². The van der Waals surface area contributed by atoms with Crippen molar-refractivity contribution in [1.29, 1.82) is 0 Å². The van der Waals surface area contributed by atoms with E-state index < -0.39 is 10.0 Å². The number of nitrogens with one attached hydrogen (secondary N) is 1. The number of aromatic nitrogens is 3. The van der Waals surface area contributed by atoms with Gasteiger partial charge in [-0.3, -0.25) is 4.98 Å². The maximum atomic E-state index is 12.1. The first kappa shape index (κ1) is 15.1. The van der Waals surface area contributed by atoms with Crippen LogP contribution in [0.2, 0.25) is 0 Å². The number of hydrogen-bond donors (Lipinski definition) is 2. The van der Waals surface area contributed by atoms with E-state index in [1.165, 1.54) is 24.9 Å². The highest BCUT2D eigenvalue weighted by Gasteiger charge is 2.14. The van der Waals surface area contributed by atoms with Crippen molar-refractivity contribution in [2.45, 2.75) is 11.3 Å². The van der Waals surface area contributed by atoms with Crippen LogP contribution in [-0.4, -0.2) is 36.6 Å². The first-order valence-electron chi connectivity index (χ1n) is 6.01. The van der Waals surface area contributed by atoms with E-state index in [0.717, 1.165) is 0 Å². The molecule has 0 fully saturated rings. The van der Waals surface area contributed by atoms with E-state index in [1.807, 2.05) is 0 Å². The summed E-state index contributed by atoms with van der Waals surface area (Å²) in [6.07, 6.45) is 4.24. The van der Waals surface area contributed by atoms with Gasteiger partial charge in [0.2, 0.25) is 16.4 Å². The number of nitrogens with two attached hydrogens (primary N) is 1. The third kappa shape index (κ3) is 4.35. The van der Waals surface area contributed by atoms with Crippen LogP contribution >= 0.6 is 0 Å². The molecule has 2 aromatic rings. The molecule has 0 aromatic carbocycles. The van der Waals surface area contributed by atoms with Gasteiger partial charge in [-0.05, 0) is 6.07 Å². The second kappa shape index (κ2) is 6.94. The predicted molar refractivity (Wildman–Crippen MR) is 73.4 cm³/mol. The molecule has 0 bridgehead atoms. The van der Waals surface area contributed by atoms with Crippen LogP contribution in [0.5, 0.6) is 0 Å². The van der Waals surface area contributed by atoms with E-state index in [9.17, 15) is 8.42 Å². The normalized spacial score (nSPS) is 10.9. The fourth-order valence-electron chi connectivity index (χ4n) is 1.47. The van der Waals surface area contributed by atoms with Crippen molar-refractivity contribution in [1.82, 2.24) is 19.8 Å². The Kier molecular flexibility index (Phi) is 4.99. The first-order valence-corrected chi connectivity index (χ1v) is 7.49. The number of hydrogen-bond acceptors (Lipinski definition) is 7. The van der Waals surface area contributed by atoms with Gasteiger partial charge in [0.1, 0.15) is 4.90 Å². The minimum absolute atomic E-state index is 0.0411. The molecule has 0 aliphatic heterocycles. The molecule has 0 saturated heterocycles. The van der Waals surface area contributed by atoms with E-state index >= 15 is 0 Å². The number of pyridine rings is 1. The summed E-state index contributed by atoms with van der Waals surface area (Å²) >= 11 is 0. The Morgan fingerprint density at radius 2 is 2.24 bits per heavy atom. The molecule has 0 spiro atoms. The molecule has 9 heteroatoms. The Hall–Kier alpha value is -2.28. The molecule has 21 heavy (non-hydrogen) atoms. The molecule has 0 saturated carbocycles. The van der Waals surface area contributed by atoms with Crippen LogP contribution in [0, 0.1) is 11.8 Å². The lowest BCUT2D eigenvalue weighted by Gasteiger charge is -2.05. The molecular weight excluding hydrogens is 294 g/mol. The van der Waals surface area contributed by atoms with Gasteiger partial charge in [-0.15, -0.1) is 0 Å². The molecule has 0 atom stereocenters. The fourth-order valence-corrected chi connectivity index (χ4v) is 2.49. The summed E-state index contributed by atoms with van der Waals surface area (Å²) in [4.78, 5) is 7.70. The quantitative estimate of drug-likeness (QED) is 0.699. The van der Waals surface area contributed by atoms with Crippen molar-refractivity contribution in [3.8, 4) is 11.8 Å². The summed E-state index contributed by atoms with van der Waals surface area (Å²) in [6, 6.07) is 1.44. The predicted octanol–water partition coefficient (Wildman–Crippen LogP) is -0.704. The molecule has 0 aliphatic rings. The van der Waals surface area contributed by atoms with Gasteiger partial charge in [0, 0.05) is 30.9 Å². The highest BCUT2D eigenvalue weighted by molar-refractivity contribution is 7.89. The van der Waals surface area contributed by atoms with Crippen LogP contribution in [0.4, 0.5) is 0 Å². The minimum atomic E-state index is -3.66. The fraction of sp³-hybridized carbons (Fsp3) is 0.250. The maximum Gasteiger partial charge on any atom is 0.242 e. The van der Waals surface area contributed by atoms with E-state index in [1.54, 1.807) is 0 Å². The third-order valence-electron chi connectivity index (χ3n) is 2.41. The summed E-state index contributed by atoms with van der Waals surface area (Å²) in [6.45, 7) is 0.348. The standard InChI is InChI=1S/C12H13N5O3S/c13-4-1-2-10-6-11(8-14-7-10)21(18,19)16-5-3-12-15-9-20-17-12/h6-9,16H,3-5,13H2. The summed E-state index contributed by atoms with van der Waals surface area (Å²) in [5.74, 6) is 5.80. The van der Waals surface area contributed by atoms with Crippen molar-refractivity contribution in [3.05, 3.63) is 36.2 Å². The zero-order valence-electron chi connectivity index (χ0n) is 11.0. The van der Waals surface area contributed by atoms with Crippen LogP contribution in [0.3, 0.4) is 0 Å². The second-order valence-electron chi connectivity index (χ2n) is 3.91. The van der Waals surface area contributed by atoms with Crippen LogP contribution < -0.4 is 10.5 Å². The Balaban J connectivity index is 2.04. The molecule has 2 aromatic heterocycles. The average molecular weight is 307 g/mol. The molecule has 8 nitrogen and oxygen atoms in total. The topological polar surface area (TPSA) is 124 Å². The van der Waals surface area contributed by atoms with Gasteiger partial charge in [-0.25, -0.2) is 13.1 Å². The number of sulfonamides is 1. The first-order chi connectivity index (χ1) is 10.1. The Bertz CT molecular complexity index is 747. The summed E-state index contributed by atoms with van der Waals surface area (Å²) in [7, 11) is -3.66. The highest BCUT2D eigenvalue weighted by atomic mass is 32.2. The van der Waals surface area contributed by atoms with Crippen molar-refractivity contribution in [2.75, 3.05) is 13.1 Å². The largest absolute Gasteiger partial charge is 0.343 e. The molecular formula is C12H13N5O3S. The lowest BCUT2D eigenvalue weighted by molar-refractivity contribution is 0.410. The summed E-state index contributed by atoms with van der Waals surface area (Å²) in [5.41, 5.74) is 5.76. The van der Waals surface area contributed by atoms with Crippen LogP contribution in [0.25, 0.3) is 0 Å². The SMILES string of the molecule is NCC#Cc1cncc(S(=O)(=O)NCCc2ncon2)c1. The van der Waals surface area contributed by atoms with Gasteiger partial charge in [0.25, 0.3) is 0 Å². The molecule has 0 unspecified atom stereocenters. The van der Waals surface area contributed by atoms with Gasteiger partial charge >= 0.3 is 0 Å². The minimum Gasteiger partial charge on any atom is -0.343 e. The zero-order chi connectivity index (χ0) is 15.1. The van der Waals surface area contributed by atoms with Gasteiger partial charge < -0.3 is 10.3 Å². The van der Waals surface area contributed by atoms with Crippen LogP contribution in [0.15, 0.2) is 34.3 Å². The van der Waals surface area contributed by atoms with Crippen molar-refractivity contribution in [3.63, 3.8) is 0 Å². The summed E-state index contributed by atoms with van der Waals surface area (Å²) in [5, 5.41) is 3.59. The number of rotatable bonds is 5. The Morgan fingerprint density at radius 3 is 2.95 bits per heavy atom. The van der Waals surface area contributed by atoms with Crippen LogP contribution in [0.1, 0.15) is 11.4 Å². The molecule has 0 radical (unpaired) electrons. The second-order valence-corrected chi connectivity index (χ2v) is 5.68. The van der Waals surface area contributed by atoms with E-state index in [4.69, 9.17) is 5.73 Å². The van der Waals surface area contributed by atoms with Crippen molar-refractivity contribution < 1.29 is 12.9 Å². The maximum absolute atomic E-state index is 12.1. The monoisotopic (exact) mass is 307 g/mol. The van der Waals surface area contributed by atoms with Crippen molar-refractivity contribution in [2.24, 2.45) is 5.73 Å². The van der Waals surface area contributed by atoms with E-state index in [-0.39, 0.29) is 18.0 Å². The van der Waals surface area contributed by atoms with Crippen LogP contribution in [-0.2, 0) is 16.4 Å². The van der Waals surface area contributed by atoms with Gasteiger partial charge in [0.05, 0.1) is 6.54 Å². The average Bonchev–Trinajstić information content (AvgIpc) is 2.98. The highest BCUT2D eigenvalue weighted by Crippen LogP contribution is 2.08. The van der Waals surface area contributed by atoms with Crippen molar-refractivity contribution >= 4 is 10.0 Å². The molecule has 2 rings (SSSR count). The summed E-state index contributed by atoms with van der Waals surface area (Å²) < 4.78 is 31.2. The Morgan fingerprint density at radius 1 is 1.38 bits per heavy atom. The lowest BCUT2D eigenvalue weighted by Crippen LogP contribution is -2.26. The Labute approximate surface area is 121 Å². The smallest absolute Gasteiger partial charge is 0.242 e. The van der Waals surface area contributed by atoms with Gasteiger partial charge in [-0.2, -0.15) is 4.98 Å². The van der Waals surface area contributed by atoms with Gasteiger partial charge in [-0.1, -0.05) is 17.0 Å². The zero-order valence-corrected chi connectivity index (χ0v) is 11.8. The molecule has 3 N–H and O–H groups in total. The third-order valence-corrected chi connectivity index (χ3v) is 3.83. The molecule has 0 amide bonds. The lowest BCUT2D eigenvalue weighted by atomic mass is 10.3. The molecule has 0 aliphatic carbocycles. The molecule has 2 heterocycles. The number of nitrogens with zero attached hydrogens (tertiary/aromatic N) is 3. The molecule has 110 valence electrons.